The quantitative estimate of drug-likeness (QED) is 0.864. The normalized spacial score (nSPS) is 11.3. The second-order valence-corrected chi connectivity index (χ2v) is 6.52. The van der Waals surface area contributed by atoms with Crippen molar-refractivity contribution in [3.05, 3.63) is 28.4 Å². The summed E-state index contributed by atoms with van der Waals surface area (Å²) in [6.45, 7) is 8.06. The van der Waals surface area contributed by atoms with E-state index in [1.165, 1.54) is 11.3 Å². The molecule has 0 radical (unpaired) electrons. The van der Waals surface area contributed by atoms with Gasteiger partial charge in [0.25, 0.3) is 0 Å². The molecule has 4 nitrogen and oxygen atoms in total. The lowest BCUT2D eigenvalue weighted by atomic mass is 9.95. The molecule has 0 atom stereocenters. The molecule has 2 aromatic rings. The number of nitrogens with two attached hydrogens (primary N) is 1. The summed E-state index contributed by atoms with van der Waals surface area (Å²) in [5.74, 6) is 1.22. The number of hydrogen-bond donors (Lipinski definition) is 1. The van der Waals surface area contributed by atoms with Crippen molar-refractivity contribution >= 4 is 17.2 Å². The Kier molecular flexibility index (Phi) is 3.29. The van der Waals surface area contributed by atoms with E-state index in [0.717, 1.165) is 22.0 Å². The molecule has 0 fully saturated rings. The zero-order chi connectivity index (χ0) is 14.2. The first kappa shape index (κ1) is 13.5. The number of anilines is 1. The molecule has 19 heavy (non-hydrogen) atoms. The van der Waals surface area contributed by atoms with Crippen LogP contribution in [0.15, 0.2) is 12.1 Å². The van der Waals surface area contributed by atoms with E-state index in [4.69, 9.17) is 11.0 Å². The first-order chi connectivity index (χ1) is 8.82. The van der Waals surface area contributed by atoms with Gasteiger partial charge in [0.2, 0.25) is 0 Å². The van der Waals surface area contributed by atoms with E-state index < -0.39 is 0 Å². The number of nitrogens with zero attached hydrogens (tertiary/aromatic N) is 3. The van der Waals surface area contributed by atoms with Crippen LogP contribution < -0.4 is 5.73 Å². The fourth-order valence-electron chi connectivity index (χ4n) is 1.63. The molecule has 0 aliphatic rings. The Hall–Kier alpha value is -1.93. The van der Waals surface area contributed by atoms with Gasteiger partial charge in [-0.2, -0.15) is 5.26 Å². The second kappa shape index (κ2) is 4.63. The maximum Gasteiger partial charge on any atom is 0.136 e. The fourth-order valence-corrected chi connectivity index (χ4v) is 2.48. The van der Waals surface area contributed by atoms with Crippen molar-refractivity contribution < 1.29 is 0 Å². The minimum absolute atomic E-state index is 0.161. The topological polar surface area (TPSA) is 75.6 Å². The zero-order valence-corrected chi connectivity index (χ0v) is 12.3. The predicted molar refractivity (Wildman–Crippen MR) is 77.9 cm³/mol. The molecule has 2 aromatic heterocycles. The summed E-state index contributed by atoms with van der Waals surface area (Å²) in [6.07, 6.45) is 0. The van der Waals surface area contributed by atoms with Crippen LogP contribution in [-0.2, 0) is 5.41 Å². The van der Waals surface area contributed by atoms with Crippen LogP contribution in [0.25, 0.3) is 10.6 Å². The van der Waals surface area contributed by atoms with Crippen molar-refractivity contribution in [1.82, 2.24) is 9.97 Å². The van der Waals surface area contributed by atoms with Gasteiger partial charge >= 0.3 is 0 Å². The molecular weight excluding hydrogens is 256 g/mol. The van der Waals surface area contributed by atoms with E-state index in [1.54, 1.807) is 6.07 Å². The Morgan fingerprint density at radius 3 is 2.47 bits per heavy atom. The Bertz CT molecular complexity index is 659. The Morgan fingerprint density at radius 1 is 1.26 bits per heavy atom. The summed E-state index contributed by atoms with van der Waals surface area (Å²) >= 11 is 1.42. The highest BCUT2D eigenvalue weighted by Gasteiger charge is 2.21. The molecule has 2 N–H and O–H groups in total. The van der Waals surface area contributed by atoms with Gasteiger partial charge in [0.05, 0.1) is 10.6 Å². The molecular formula is C14H16N4S. The molecule has 98 valence electrons. The minimum Gasteiger partial charge on any atom is -0.383 e. The highest BCUT2D eigenvalue weighted by Crippen LogP contribution is 2.32. The third kappa shape index (κ3) is 2.59. The van der Waals surface area contributed by atoms with Gasteiger partial charge in [-0.3, -0.25) is 0 Å². The number of nitriles is 1. The fraction of sp³-hybridized carbons (Fsp3) is 0.357. The van der Waals surface area contributed by atoms with Gasteiger partial charge in [0.15, 0.2) is 0 Å². The molecule has 0 aliphatic heterocycles. The van der Waals surface area contributed by atoms with Crippen LogP contribution in [0.3, 0.4) is 0 Å². The van der Waals surface area contributed by atoms with Crippen LogP contribution in [0.2, 0.25) is 0 Å². The maximum absolute atomic E-state index is 8.91. The third-order valence-corrected chi connectivity index (χ3v) is 3.80. The van der Waals surface area contributed by atoms with Gasteiger partial charge in [-0.25, -0.2) is 9.97 Å². The third-order valence-electron chi connectivity index (χ3n) is 2.80. The highest BCUT2D eigenvalue weighted by molar-refractivity contribution is 7.16. The Labute approximate surface area is 116 Å². The lowest BCUT2D eigenvalue weighted by Crippen LogP contribution is -2.18. The average molecular weight is 272 g/mol. The molecule has 0 unspecified atom stereocenters. The summed E-state index contributed by atoms with van der Waals surface area (Å²) in [5.41, 5.74) is 7.51. The van der Waals surface area contributed by atoms with E-state index >= 15 is 0 Å². The SMILES string of the molecule is Cc1c(N)nc(C(C)(C)C)nc1-c1ccc(C#N)s1. The van der Waals surface area contributed by atoms with Gasteiger partial charge in [-0.1, -0.05) is 20.8 Å². The molecule has 0 amide bonds. The first-order valence-corrected chi connectivity index (χ1v) is 6.79. The van der Waals surface area contributed by atoms with Gasteiger partial charge in [-0.05, 0) is 19.1 Å². The lowest BCUT2D eigenvalue weighted by molar-refractivity contribution is 0.546. The van der Waals surface area contributed by atoms with Crippen molar-refractivity contribution in [3.63, 3.8) is 0 Å². The first-order valence-electron chi connectivity index (χ1n) is 5.98. The van der Waals surface area contributed by atoms with Crippen LogP contribution in [0.1, 0.15) is 37.0 Å². The molecule has 5 heteroatoms. The van der Waals surface area contributed by atoms with E-state index in [-0.39, 0.29) is 5.41 Å². The van der Waals surface area contributed by atoms with Crippen LogP contribution >= 0.6 is 11.3 Å². The monoisotopic (exact) mass is 272 g/mol. The molecule has 0 bridgehead atoms. The Balaban J connectivity index is 2.63. The molecule has 0 aliphatic carbocycles. The number of nitrogen functional groups attached to an aromatic ring is 1. The summed E-state index contributed by atoms with van der Waals surface area (Å²) in [4.78, 5) is 10.6. The summed E-state index contributed by atoms with van der Waals surface area (Å²) in [6, 6.07) is 5.85. The molecule has 0 saturated heterocycles. The number of rotatable bonds is 1. The largest absolute Gasteiger partial charge is 0.383 e. The lowest BCUT2D eigenvalue weighted by Gasteiger charge is -2.19. The van der Waals surface area contributed by atoms with Crippen LogP contribution in [-0.4, -0.2) is 9.97 Å². The van der Waals surface area contributed by atoms with Crippen molar-refractivity contribution in [3.8, 4) is 16.6 Å². The summed E-state index contributed by atoms with van der Waals surface area (Å²) in [7, 11) is 0. The van der Waals surface area contributed by atoms with E-state index in [2.05, 4.69) is 36.8 Å². The summed E-state index contributed by atoms with van der Waals surface area (Å²) in [5, 5.41) is 8.91. The van der Waals surface area contributed by atoms with E-state index in [0.29, 0.717) is 10.7 Å². The van der Waals surface area contributed by atoms with Gasteiger partial charge in [0.1, 0.15) is 22.6 Å². The molecule has 0 saturated carbocycles. The maximum atomic E-state index is 8.91. The van der Waals surface area contributed by atoms with Gasteiger partial charge in [0, 0.05) is 11.0 Å². The van der Waals surface area contributed by atoms with E-state index in [9.17, 15) is 0 Å². The highest BCUT2D eigenvalue weighted by atomic mass is 32.1. The van der Waals surface area contributed by atoms with Crippen molar-refractivity contribution in [2.24, 2.45) is 0 Å². The van der Waals surface area contributed by atoms with Crippen molar-refractivity contribution in [2.75, 3.05) is 5.73 Å². The zero-order valence-electron chi connectivity index (χ0n) is 11.5. The molecule has 0 aromatic carbocycles. The minimum atomic E-state index is -0.161. The Morgan fingerprint density at radius 2 is 1.95 bits per heavy atom. The number of thiophene rings is 1. The van der Waals surface area contributed by atoms with Gasteiger partial charge < -0.3 is 5.73 Å². The number of aromatic nitrogens is 2. The van der Waals surface area contributed by atoms with Crippen molar-refractivity contribution in [1.29, 1.82) is 5.26 Å². The van der Waals surface area contributed by atoms with E-state index in [1.807, 2.05) is 13.0 Å². The number of hydrogen-bond acceptors (Lipinski definition) is 5. The van der Waals surface area contributed by atoms with Crippen LogP contribution in [0.5, 0.6) is 0 Å². The smallest absolute Gasteiger partial charge is 0.136 e. The van der Waals surface area contributed by atoms with Crippen LogP contribution in [0.4, 0.5) is 5.82 Å². The predicted octanol–water partition coefficient (Wildman–Crippen LogP) is 3.26. The second-order valence-electron chi connectivity index (χ2n) is 5.43. The van der Waals surface area contributed by atoms with Gasteiger partial charge in [-0.15, -0.1) is 11.3 Å². The van der Waals surface area contributed by atoms with Crippen LogP contribution in [0, 0.1) is 18.3 Å². The average Bonchev–Trinajstić information content (AvgIpc) is 2.79. The summed E-state index contributed by atoms with van der Waals surface area (Å²) < 4.78 is 0. The molecule has 2 heterocycles. The van der Waals surface area contributed by atoms with Crippen molar-refractivity contribution in [2.45, 2.75) is 33.1 Å². The molecule has 0 spiro atoms. The molecule has 2 rings (SSSR count). The standard InChI is InChI=1S/C14H16N4S/c1-8-11(10-6-5-9(7-15)19-10)17-13(14(2,3)4)18-12(8)16/h5-6H,1-4H3,(H2,16,17,18).